The smallest absolute Gasteiger partial charge is 0.411 e. The lowest BCUT2D eigenvalue weighted by atomic mass is 9.95. The van der Waals surface area contributed by atoms with Gasteiger partial charge < -0.3 is 10.1 Å². The van der Waals surface area contributed by atoms with Gasteiger partial charge in [0, 0.05) is 27.3 Å². The topological polar surface area (TPSA) is 88.6 Å². The number of aromatic nitrogens is 1. The third kappa shape index (κ3) is 6.13. The Hall–Kier alpha value is -2.56. The Morgan fingerprint density at radius 2 is 1.68 bits per heavy atom. The number of thiazole rings is 1. The second kappa shape index (κ2) is 11.0. The maximum atomic E-state index is 13.9. The van der Waals surface area contributed by atoms with Crippen LogP contribution in [-0.2, 0) is 15.1 Å². The quantitative estimate of drug-likeness (QED) is 0.306. The minimum Gasteiger partial charge on any atom is -0.444 e. The summed E-state index contributed by atoms with van der Waals surface area (Å²) in [6, 6.07) is 14.7. The zero-order chi connectivity index (χ0) is 26.8. The van der Waals surface area contributed by atoms with Gasteiger partial charge in [-0.25, -0.2) is 9.78 Å². The third-order valence-corrected chi connectivity index (χ3v) is 8.19. The van der Waals surface area contributed by atoms with Gasteiger partial charge in [-0.05, 0) is 63.4 Å². The number of amides is 2. The van der Waals surface area contributed by atoms with Crippen molar-refractivity contribution in [1.29, 1.82) is 0 Å². The molecule has 1 fully saturated rings. The van der Waals surface area contributed by atoms with Crippen LogP contribution in [0.2, 0.25) is 0 Å². The molecule has 0 radical (unpaired) electrons. The molecule has 3 aromatic rings. The van der Waals surface area contributed by atoms with Crippen LogP contribution in [-0.4, -0.2) is 46.4 Å². The number of rotatable bonds is 6. The molecule has 1 aromatic heterocycles. The van der Waals surface area contributed by atoms with Crippen molar-refractivity contribution in [3.05, 3.63) is 74.2 Å². The molecular weight excluding hydrogens is 622 g/mol. The number of likely N-dealkylation sites (tertiary alicyclic amines) is 1. The van der Waals surface area contributed by atoms with Crippen LogP contribution >= 0.6 is 43.2 Å². The van der Waals surface area contributed by atoms with Gasteiger partial charge in [-0.3, -0.25) is 14.5 Å². The van der Waals surface area contributed by atoms with Crippen LogP contribution in [0.5, 0.6) is 0 Å². The minimum atomic E-state index is -1.37. The Labute approximate surface area is 236 Å². The van der Waals surface area contributed by atoms with Gasteiger partial charge >= 0.3 is 6.09 Å². The fourth-order valence-corrected chi connectivity index (χ4v) is 5.87. The number of carbonyl (C=O) groups is 3. The van der Waals surface area contributed by atoms with Crippen molar-refractivity contribution in [3.8, 4) is 10.4 Å². The number of nitrogens with one attached hydrogen (secondary N) is 1. The number of carbonyl (C=O) groups excluding carboxylic acids is 3. The van der Waals surface area contributed by atoms with E-state index in [0.717, 1.165) is 19.4 Å². The van der Waals surface area contributed by atoms with E-state index in [-0.39, 0.29) is 12.3 Å². The van der Waals surface area contributed by atoms with E-state index in [1.165, 1.54) is 16.2 Å². The van der Waals surface area contributed by atoms with E-state index in [2.05, 4.69) is 42.2 Å². The van der Waals surface area contributed by atoms with E-state index in [1.807, 2.05) is 24.3 Å². The molecule has 0 saturated carbocycles. The predicted octanol–water partition coefficient (Wildman–Crippen LogP) is 6.56. The molecule has 1 unspecified atom stereocenters. The van der Waals surface area contributed by atoms with Gasteiger partial charge in [0.1, 0.15) is 10.6 Å². The van der Waals surface area contributed by atoms with Gasteiger partial charge in [-0.1, -0.05) is 56.1 Å². The number of nitrogens with zero attached hydrogens (tertiary/aromatic N) is 2. The van der Waals surface area contributed by atoms with Crippen molar-refractivity contribution in [2.45, 2.75) is 44.8 Å². The maximum Gasteiger partial charge on any atom is 0.411 e. The molecule has 0 spiro atoms. The minimum absolute atomic E-state index is 0.199. The Bertz CT molecular complexity index is 1300. The molecule has 0 aliphatic carbocycles. The molecule has 4 rings (SSSR count). The molecule has 1 saturated heterocycles. The average molecular weight is 649 g/mol. The van der Waals surface area contributed by atoms with E-state index in [9.17, 15) is 14.4 Å². The molecule has 2 heterocycles. The normalized spacial score (nSPS) is 17.5. The van der Waals surface area contributed by atoms with Crippen LogP contribution in [0.1, 0.15) is 49.0 Å². The van der Waals surface area contributed by atoms with Crippen LogP contribution in [0.4, 0.5) is 4.79 Å². The lowest BCUT2D eigenvalue weighted by Crippen LogP contribution is -2.56. The van der Waals surface area contributed by atoms with Crippen molar-refractivity contribution >= 4 is 61.0 Å². The van der Waals surface area contributed by atoms with Crippen LogP contribution in [0.3, 0.4) is 0 Å². The maximum absolute atomic E-state index is 13.9. The Morgan fingerprint density at radius 1 is 1.05 bits per heavy atom. The number of hydrogen-bond donors (Lipinski definition) is 1. The monoisotopic (exact) mass is 647 g/mol. The highest BCUT2D eigenvalue weighted by Crippen LogP contribution is 2.43. The van der Waals surface area contributed by atoms with Gasteiger partial charge in [0.15, 0.2) is 11.3 Å². The van der Waals surface area contributed by atoms with Crippen molar-refractivity contribution in [3.63, 3.8) is 0 Å². The predicted molar refractivity (Wildman–Crippen MR) is 151 cm³/mol. The number of halogens is 2. The second-order valence-electron chi connectivity index (χ2n) is 9.75. The fourth-order valence-electron chi connectivity index (χ4n) is 4.20. The number of ketones is 1. The van der Waals surface area contributed by atoms with Crippen LogP contribution in [0, 0.1) is 0 Å². The standard InChI is InChI=1S/C27H27Br2N3O4S/c1-26(2,3)36-25(35)32-14-4-13-27(32,23(34)30-15-21(33)17-5-9-19(28)10-6-17)24-31-16-22(37-24)18-7-11-20(29)12-8-18/h5-12,16H,4,13-15H2,1-3H3,(H,30,34). The molecule has 0 bridgehead atoms. The van der Waals surface area contributed by atoms with Crippen LogP contribution < -0.4 is 5.32 Å². The van der Waals surface area contributed by atoms with Crippen molar-refractivity contribution < 1.29 is 19.1 Å². The second-order valence-corrected chi connectivity index (χ2v) is 12.6. The molecule has 2 aromatic carbocycles. The summed E-state index contributed by atoms with van der Waals surface area (Å²) in [6.07, 6.45) is 2.11. The summed E-state index contributed by atoms with van der Waals surface area (Å²) in [7, 11) is 0. The van der Waals surface area contributed by atoms with Gasteiger partial charge in [-0.15, -0.1) is 11.3 Å². The first-order valence-corrected chi connectivity index (χ1v) is 14.2. The van der Waals surface area contributed by atoms with E-state index >= 15 is 0 Å². The van der Waals surface area contributed by atoms with E-state index < -0.39 is 23.1 Å². The van der Waals surface area contributed by atoms with Crippen LogP contribution in [0.15, 0.2) is 63.7 Å². The summed E-state index contributed by atoms with van der Waals surface area (Å²) < 4.78 is 7.48. The molecule has 1 atom stereocenters. The molecular formula is C27H27Br2N3O4S. The number of Topliss-reactive ketones (excluding diaryl/α,β-unsaturated/α-hetero) is 1. The summed E-state index contributed by atoms with van der Waals surface area (Å²) in [5.74, 6) is -0.675. The molecule has 37 heavy (non-hydrogen) atoms. The molecule has 2 amide bonds. The van der Waals surface area contributed by atoms with Crippen LogP contribution in [0.25, 0.3) is 10.4 Å². The highest BCUT2D eigenvalue weighted by Gasteiger charge is 2.54. The summed E-state index contributed by atoms with van der Waals surface area (Å²) in [5.41, 5.74) is -0.666. The Kier molecular flexibility index (Phi) is 8.20. The van der Waals surface area contributed by atoms with Crippen molar-refractivity contribution in [1.82, 2.24) is 15.2 Å². The summed E-state index contributed by atoms with van der Waals surface area (Å²) in [5, 5.41) is 3.28. The summed E-state index contributed by atoms with van der Waals surface area (Å²) >= 11 is 8.17. The number of hydrogen-bond acceptors (Lipinski definition) is 6. The molecule has 1 aliphatic heterocycles. The Balaban J connectivity index is 1.66. The van der Waals surface area contributed by atoms with Gasteiger partial charge in [0.2, 0.25) is 0 Å². The number of ether oxygens (including phenoxy) is 1. The first-order chi connectivity index (χ1) is 17.5. The van der Waals surface area contributed by atoms with Crippen molar-refractivity contribution in [2.75, 3.05) is 13.1 Å². The molecule has 1 N–H and O–H groups in total. The molecule has 7 nitrogen and oxygen atoms in total. The van der Waals surface area contributed by atoms with E-state index in [0.29, 0.717) is 30.0 Å². The zero-order valence-electron chi connectivity index (χ0n) is 20.7. The largest absolute Gasteiger partial charge is 0.444 e. The number of benzene rings is 2. The first-order valence-electron chi connectivity index (χ1n) is 11.8. The molecule has 1 aliphatic rings. The Morgan fingerprint density at radius 3 is 2.30 bits per heavy atom. The van der Waals surface area contributed by atoms with Gasteiger partial charge in [0.05, 0.1) is 11.4 Å². The molecule has 10 heteroatoms. The van der Waals surface area contributed by atoms with Gasteiger partial charge in [0.25, 0.3) is 5.91 Å². The van der Waals surface area contributed by atoms with Crippen molar-refractivity contribution in [2.24, 2.45) is 0 Å². The average Bonchev–Trinajstić information content (AvgIpc) is 3.51. The highest BCUT2D eigenvalue weighted by molar-refractivity contribution is 9.10. The molecule has 194 valence electrons. The third-order valence-electron chi connectivity index (χ3n) is 5.93. The van der Waals surface area contributed by atoms with Gasteiger partial charge in [-0.2, -0.15) is 0 Å². The summed E-state index contributed by atoms with van der Waals surface area (Å²) in [4.78, 5) is 46.9. The van der Waals surface area contributed by atoms with E-state index in [4.69, 9.17) is 4.74 Å². The highest BCUT2D eigenvalue weighted by atomic mass is 79.9. The first kappa shape index (κ1) is 27.5. The zero-order valence-corrected chi connectivity index (χ0v) is 24.7. The van der Waals surface area contributed by atoms with E-state index in [1.54, 1.807) is 51.2 Å². The fraction of sp³-hybridized carbons (Fsp3) is 0.333. The summed E-state index contributed by atoms with van der Waals surface area (Å²) in [6.45, 7) is 5.50. The lowest BCUT2D eigenvalue weighted by Gasteiger charge is -2.36. The lowest BCUT2D eigenvalue weighted by molar-refractivity contribution is -0.132. The SMILES string of the molecule is CC(C)(C)OC(=O)N1CCCC1(C(=O)NCC(=O)c1ccc(Br)cc1)c1ncc(-c2ccc(Br)cc2)s1.